The second-order valence-corrected chi connectivity index (χ2v) is 8.29. The van der Waals surface area contributed by atoms with Gasteiger partial charge in [0.2, 0.25) is 10.3 Å². The Bertz CT molecular complexity index is 1110. The first-order valence-corrected chi connectivity index (χ1v) is 11.8. The van der Waals surface area contributed by atoms with Crippen molar-refractivity contribution >= 4 is 56.3 Å². The van der Waals surface area contributed by atoms with Crippen LogP contribution in [0.2, 0.25) is 0 Å². The SMILES string of the molecule is CSc1nsc(NC(=O)C(C#N)=Cc2ccc(OCCOc3ccccc3)c(Br)c2)n1. The van der Waals surface area contributed by atoms with Crippen molar-refractivity contribution in [2.75, 3.05) is 24.8 Å². The molecule has 2 aromatic carbocycles. The molecule has 0 aliphatic rings. The van der Waals surface area contributed by atoms with Crippen LogP contribution in [0, 0.1) is 11.3 Å². The summed E-state index contributed by atoms with van der Waals surface area (Å²) in [6.07, 6.45) is 3.34. The quantitative estimate of drug-likeness (QED) is 0.184. The zero-order chi connectivity index (χ0) is 22.1. The molecule has 31 heavy (non-hydrogen) atoms. The van der Waals surface area contributed by atoms with Crippen LogP contribution in [0.1, 0.15) is 5.56 Å². The van der Waals surface area contributed by atoms with E-state index in [1.165, 1.54) is 17.8 Å². The molecule has 10 heteroatoms. The summed E-state index contributed by atoms with van der Waals surface area (Å²) in [6.45, 7) is 0.773. The third kappa shape index (κ3) is 6.82. The minimum Gasteiger partial charge on any atom is -0.490 e. The van der Waals surface area contributed by atoms with E-state index in [0.29, 0.717) is 39.3 Å². The molecule has 158 valence electrons. The number of carbonyl (C=O) groups excluding carboxylic acids is 1. The Morgan fingerprint density at radius 2 is 2.03 bits per heavy atom. The van der Waals surface area contributed by atoms with Crippen molar-refractivity contribution in [1.82, 2.24) is 9.36 Å². The van der Waals surface area contributed by atoms with Crippen molar-refractivity contribution in [3.8, 4) is 17.6 Å². The molecule has 0 unspecified atom stereocenters. The topological polar surface area (TPSA) is 97.1 Å². The molecule has 1 N–H and O–H groups in total. The van der Waals surface area contributed by atoms with Gasteiger partial charge in [-0.3, -0.25) is 10.1 Å². The highest BCUT2D eigenvalue weighted by Crippen LogP contribution is 2.27. The van der Waals surface area contributed by atoms with Gasteiger partial charge in [0.1, 0.15) is 36.4 Å². The highest BCUT2D eigenvalue weighted by atomic mass is 79.9. The molecule has 1 aromatic heterocycles. The summed E-state index contributed by atoms with van der Waals surface area (Å²) in [6, 6.07) is 16.7. The van der Waals surface area contributed by atoms with Gasteiger partial charge in [0, 0.05) is 11.5 Å². The van der Waals surface area contributed by atoms with Crippen molar-refractivity contribution in [2.45, 2.75) is 5.16 Å². The number of rotatable bonds is 9. The van der Waals surface area contributed by atoms with E-state index in [9.17, 15) is 10.1 Å². The number of nitrogens with zero attached hydrogens (tertiary/aromatic N) is 3. The Morgan fingerprint density at radius 3 is 2.71 bits per heavy atom. The second kappa shape index (κ2) is 11.5. The smallest absolute Gasteiger partial charge is 0.268 e. The first-order valence-electron chi connectivity index (χ1n) is 9.00. The molecule has 0 aliphatic carbocycles. The third-order valence-corrected chi connectivity index (χ3v) is 5.71. The van der Waals surface area contributed by atoms with Crippen LogP contribution in [0.25, 0.3) is 6.08 Å². The molecule has 0 saturated carbocycles. The van der Waals surface area contributed by atoms with Gasteiger partial charge < -0.3 is 9.47 Å². The van der Waals surface area contributed by atoms with Gasteiger partial charge in [-0.05, 0) is 58.1 Å². The lowest BCUT2D eigenvalue weighted by Crippen LogP contribution is -2.13. The number of anilines is 1. The summed E-state index contributed by atoms with van der Waals surface area (Å²) in [5.41, 5.74) is 0.631. The lowest BCUT2D eigenvalue weighted by atomic mass is 10.1. The predicted molar refractivity (Wildman–Crippen MR) is 125 cm³/mol. The average molecular weight is 517 g/mol. The lowest BCUT2D eigenvalue weighted by Gasteiger charge is -2.10. The number of hydrogen-bond donors (Lipinski definition) is 1. The van der Waals surface area contributed by atoms with Gasteiger partial charge in [0.25, 0.3) is 5.91 Å². The first-order chi connectivity index (χ1) is 15.1. The van der Waals surface area contributed by atoms with E-state index in [-0.39, 0.29) is 5.57 Å². The number of halogens is 1. The largest absolute Gasteiger partial charge is 0.490 e. The minimum absolute atomic E-state index is 0.0438. The predicted octanol–water partition coefficient (Wildman–Crippen LogP) is 5.03. The second-order valence-electron chi connectivity index (χ2n) is 5.91. The maximum atomic E-state index is 12.4. The van der Waals surface area contributed by atoms with E-state index in [4.69, 9.17) is 9.47 Å². The van der Waals surface area contributed by atoms with Crippen LogP contribution in [0.15, 0.2) is 63.7 Å². The zero-order valence-electron chi connectivity index (χ0n) is 16.4. The summed E-state index contributed by atoms with van der Waals surface area (Å²) in [5.74, 6) is 0.877. The van der Waals surface area contributed by atoms with Crippen molar-refractivity contribution in [2.24, 2.45) is 0 Å². The number of aromatic nitrogens is 2. The number of para-hydroxylation sites is 1. The van der Waals surface area contributed by atoms with Crippen LogP contribution in [0.4, 0.5) is 5.13 Å². The van der Waals surface area contributed by atoms with Crippen molar-refractivity contribution in [3.63, 3.8) is 0 Å². The van der Waals surface area contributed by atoms with Gasteiger partial charge in [0.05, 0.1) is 4.47 Å². The molecule has 7 nitrogen and oxygen atoms in total. The molecule has 0 fully saturated rings. The minimum atomic E-state index is -0.541. The Hall–Kier alpha value is -2.87. The van der Waals surface area contributed by atoms with Crippen LogP contribution in [-0.4, -0.2) is 34.7 Å². The molecule has 3 rings (SSSR count). The molecule has 0 radical (unpaired) electrons. The van der Waals surface area contributed by atoms with Crippen molar-refractivity contribution in [3.05, 3.63) is 64.1 Å². The molecule has 0 spiro atoms. The maximum Gasteiger partial charge on any atom is 0.268 e. The number of nitrogens with one attached hydrogen (secondary N) is 1. The standard InChI is InChI=1S/C21H17BrN4O3S2/c1-30-21-25-20(31-26-21)24-19(27)15(13-23)11-14-7-8-18(17(22)12-14)29-10-9-28-16-5-3-2-4-6-16/h2-8,11-12H,9-10H2,1H3,(H,24,25,26,27). The van der Waals surface area contributed by atoms with Gasteiger partial charge in [-0.2, -0.15) is 14.6 Å². The molecule has 1 amide bonds. The van der Waals surface area contributed by atoms with E-state index >= 15 is 0 Å². The van der Waals surface area contributed by atoms with Crippen LogP contribution < -0.4 is 14.8 Å². The van der Waals surface area contributed by atoms with E-state index in [1.54, 1.807) is 18.2 Å². The Labute approximate surface area is 196 Å². The summed E-state index contributed by atoms with van der Waals surface area (Å²) in [5, 5.41) is 12.9. The van der Waals surface area contributed by atoms with Gasteiger partial charge in [-0.1, -0.05) is 36.0 Å². The van der Waals surface area contributed by atoms with Crippen molar-refractivity contribution in [1.29, 1.82) is 5.26 Å². The maximum absolute atomic E-state index is 12.4. The molecule has 0 aliphatic heterocycles. The number of thioether (sulfide) groups is 1. The van der Waals surface area contributed by atoms with E-state index < -0.39 is 5.91 Å². The number of hydrogen-bond acceptors (Lipinski definition) is 8. The van der Waals surface area contributed by atoms with E-state index in [0.717, 1.165) is 17.3 Å². The van der Waals surface area contributed by atoms with Crippen LogP contribution in [0.5, 0.6) is 11.5 Å². The van der Waals surface area contributed by atoms with Crippen molar-refractivity contribution < 1.29 is 14.3 Å². The molecule has 0 saturated heterocycles. The molecule has 1 heterocycles. The highest BCUT2D eigenvalue weighted by Gasteiger charge is 2.13. The zero-order valence-corrected chi connectivity index (χ0v) is 19.6. The monoisotopic (exact) mass is 516 g/mol. The van der Waals surface area contributed by atoms with Gasteiger partial charge in [-0.25, -0.2) is 0 Å². The average Bonchev–Trinajstić information content (AvgIpc) is 3.24. The summed E-state index contributed by atoms with van der Waals surface area (Å²) in [7, 11) is 0. The third-order valence-electron chi connectivity index (χ3n) is 3.80. The lowest BCUT2D eigenvalue weighted by molar-refractivity contribution is -0.112. The Kier molecular flexibility index (Phi) is 8.46. The fourth-order valence-corrected chi connectivity index (χ4v) is 4.01. The Balaban J connectivity index is 1.58. The number of carbonyl (C=O) groups is 1. The van der Waals surface area contributed by atoms with Gasteiger partial charge >= 0.3 is 0 Å². The van der Waals surface area contributed by atoms with Crippen LogP contribution in [0.3, 0.4) is 0 Å². The van der Waals surface area contributed by atoms with E-state index in [2.05, 4.69) is 30.6 Å². The highest BCUT2D eigenvalue weighted by molar-refractivity contribution is 9.10. The Morgan fingerprint density at radius 1 is 1.26 bits per heavy atom. The van der Waals surface area contributed by atoms with Crippen LogP contribution in [-0.2, 0) is 4.79 Å². The molecule has 0 bridgehead atoms. The molecular weight excluding hydrogens is 500 g/mol. The van der Waals surface area contributed by atoms with E-state index in [1.807, 2.05) is 42.7 Å². The van der Waals surface area contributed by atoms with Gasteiger partial charge in [0.15, 0.2) is 0 Å². The number of benzene rings is 2. The first kappa shape index (κ1) is 22.8. The molecule has 3 aromatic rings. The number of nitriles is 1. The summed E-state index contributed by atoms with van der Waals surface area (Å²) >= 11 is 5.90. The number of ether oxygens (including phenoxy) is 2. The van der Waals surface area contributed by atoms with Gasteiger partial charge in [-0.15, -0.1) is 0 Å². The summed E-state index contributed by atoms with van der Waals surface area (Å²) in [4.78, 5) is 16.5. The summed E-state index contributed by atoms with van der Waals surface area (Å²) < 4.78 is 16.1. The van der Waals surface area contributed by atoms with Crippen LogP contribution >= 0.6 is 39.2 Å². The normalized spacial score (nSPS) is 10.9. The fraction of sp³-hybridized carbons (Fsp3) is 0.143. The molecule has 0 atom stereocenters. The number of amides is 1. The fourth-order valence-electron chi connectivity index (χ4n) is 2.38. The molecular formula is C21H17BrN4O3S2.